The highest BCUT2D eigenvalue weighted by atomic mass is 16.4. The van der Waals surface area contributed by atoms with Gasteiger partial charge in [0.25, 0.3) is 0 Å². The number of aliphatic hydroxyl groups excluding tert-OH is 1. The van der Waals surface area contributed by atoms with Crippen LogP contribution in [0.15, 0.2) is 24.5 Å². The van der Waals surface area contributed by atoms with Crippen LogP contribution < -0.4 is 5.32 Å². The number of aliphatic hydroxyl groups is 1. The summed E-state index contributed by atoms with van der Waals surface area (Å²) in [5.41, 5.74) is 0.594. The number of rotatable bonds is 3. The lowest BCUT2D eigenvalue weighted by atomic mass is 10.2. The molecule has 1 atom stereocenters. The van der Waals surface area contributed by atoms with Gasteiger partial charge in [0, 0.05) is 18.0 Å². The van der Waals surface area contributed by atoms with E-state index in [2.05, 4.69) is 10.3 Å². The number of carboxylic acid groups (broad SMARTS) is 1. The van der Waals surface area contributed by atoms with Gasteiger partial charge in [-0.15, -0.1) is 0 Å². The van der Waals surface area contributed by atoms with Gasteiger partial charge in [0.1, 0.15) is 0 Å². The van der Waals surface area contributed by atoms with E-state index >= 15 is 0 Å². The molecular formula is C8H10N2O3. The van der Waals surface area contributed by atoms with Crippen LogP contribution in [0.4, 0.5) is 4.79 Å². The largest absolute Gasteiger partial charge is 0.465 e. The minimum absolute atomic E-state index is 0.0268. The predicted molar refractivity (Wildman–Crippen MR) is 45.2 cm³/mol. The van der Waals surface area contributed by atoms with Crippen LogP contribution in [0.5, 0.6) is 0 Å². The molecule has 0 aliphatic carbocycles. The molecule has 0 bridgehead atoms. The van der Waals surface area contributed by atoms with E-state index in [9.17, 15) is 9.90 Å². The number of nitrogens with zero attached hydrogens (tertiary/aromatic N) is 1. The van der Waals surface area contributed by atoms with E-state index in [0.717, 1.165) is 0 Å². The second-order valence-electron chi connectivity index (χ2n) is 2.49. The van der Waals surface area contributed by atoms with Crippen molar-refractivity contribution in [2.75, 3.05) is 6.54 Å². The summed E-state index contributed by atoms with van der Waals surface area (Å²) in [5.74, 6) is 0. The fraction of sp³-hybridized carbons (Fsp3) is 0.250. The van der Waals surface area contributed by atoms with Gasteiger partial charge in [-0.3, -0.25) is 4.98 Å². The van der Waals surface area contributed by atoms with Crippen molar-refractivity contribution in [1.29, 1.82) is 0 Å². The molecule has 3 N–H and O–H groups in total. The maximum absolute atomic E-state index is 10.1. The van der Waals surface area contributed by atoms with Crippen molar-refractivity contribution < 1.29 is 15.0 Å². The van der Waals surface area contributed by atoms with E-state index < -0.39 is 12.2 Å². The third kappa shape index (κ3) is 3.08. The molecule has 1 amide bonds. The molecule has 0 saturated heterocycles. The van der Waals surface area contributed by atoms with Crippen LogP contribution in [-0.2, 0) is 0 Å². The number of carbonyl (C=O) groups is 1. The Hall–Kier alpha value is -1.62. The molecule has 0 radical (unpaired) electrons. The number of pyridine rings is 1. The zero-order valence-electron chi connectivity index (χ0n) is 6.84. The van der Waals surface area contributed by atoms with Crippen LogP contribution >= 0.6 is 0 Å². The van der Waals surface area contributed by atoms with Gasteiger partial charge in [0.05, 0.1) is 12.6 Å². The van der Waals surface area contributed by atoms with Crippen LogP contribution in [0, 0.1) is 0 Å². The second-order valence-corrected chi connectivity index (χ2v) is 2.49. The lowest BCUT2D eigenvalue weighted by Crippen LogP contribution is -2.26. The standard InChI is InChI=1S/C8H10N2O3/c11-7(5-10-8(12)13)6-2-1-3-9-4-6/h1-4,7,10-11H,5H2,(H,12,13)/t7-/m1/s1. The first kappa shape index (κ1) is 9.47. The molecule has 0 saturated carbocycles. The van der Waals surface area contributed by atoms with Crippen molar-refractivity contribution in [3.8, 4) is 0 Å². The van der Waals surface area contributed by atoms with E-state index in [1.165, 1.54) is 6.20 Å². The monoisotopic (exact) mass is 182 g/mol. The fourth-order valence-corrected chi connectivity index (χ4v) is 0.875. The fourth-order valence-electron chi connectivity index (χ4n) is 0.875. The van der Waals surface area contributed by atoms with E-state index in [1.54, 1.807) is 18.3 Å². The van der Waals surface area contributed by atoms with Gasteiger partial charge in [-0.2, -0.15) is 0 Å². The summed E-state index contributed by atoms with van der Waals surface area (Å²) in [6, 6.07) is 3.36. The topological polar surface area (TPSA) is 82.5 Å². The van der Waals surface area contributed by atoms with Gasteiger partial charge < -0.3 is 15.5 Å². The smallest absolute Gasteiger partial charge is 0.404 e. The molecule has 1 aromatic rings. The molecule has 70 valence electrons. The average Bonchev–Trinajstić information content (AvgIpc) is 2.15. The average molecular weight is 182 g/mol. The Kier molecular flexibility index (Phi) is 3.22. The minimum atomic E-state index is -1.15. The highest BCUT2D eigenvalue weighted by molar-refractivity contribution is 5.64. The first-order valence-corrected chi connectivity index (χ1v) is 3.75. The third-order valence-electron chi connectivity index (χ3n) is 1.52. The number of nitrogens with one attached hydrogen (secondary N) is 1. The lowest BCUT2D eigenvalue weighted by molar-refractivity contribution is 0.158. The van der Waals surface area contributed by atoms with E-state index in [0.29, 0.717) is 5.56 Å². The summed E-state index contributed by atoms with van der Waals surface area (Å²) in [7, 11) is 0. The quantitative estimate of drug-likeness (QED) is 0.631. The van der Waals surface area contributed by atoms with Gasteiger partial charge in [-0.25, -0.2) is 4.79 Å². The van der Waals surface area contributed by atoms with Crippen molar-refractivity contribution in [3.05, 3.63) is 30.1 Å². The van der Waals surface area contributed by atoms with Crippen molar-refractivity contribution in [3.63, 3.8) is 0 Å². The van der Waals surface area contributed by atoms with Gasteiger partial charge in [0.15, 0.2) is 0 Å². The first-order valence-electron chi connectivity index (χ1n) is 3.75. The molecule has 1 heterocycles. The number of aromatic nitrogens is 1. The van der Waals surface area contributed by atoms with E-state index in [4.69, 9.17) is 5.11 Å². The molecule has 0 spiro atoms. The van der Waals surface area contributed by atoms with Crippen LogP contribution in [0.1, 0.15) is 11.7 Å². The van der Waals surface area contributed by atoms with Crippen molar-refractivity contribution >= 4 is 6.09 Å². The maximum Gasteiger partial charge on any atom is 0.404 e. The third-order valence-corrected chi connectivity index (χ3v) is 1.52. The summed E-state index contributed by atoms with van der Waals surface area (Å²) in [5, 5.41) is 19.8. The highest BCUT2D eigenvalue weighted by Gasteiger charge is 2.07. The zero-order valence-corrected chi connectivity index (χ0v) is 6.84. The Bertz CT molecular complexity index is 276. The maximum atomic E-state index is 10.1. The molecule has 13 heavy (non-hydrogen) atoms. The second kappa shape index (κ2) is 4.42. The molecule has 0 aromatic carbocycles. The predicted octanol–water partition coefficient (Wildman–Crippen LogP) is 0.383. The summed E-state index contributed by atoms with van der Waals surface area (Å²) in [4.78, 5) is 13.9. The Morgan fingerprint density at radius 1 is 1.69 bits per heavy atom. The van der Waals surface area contributed by atoms with Crippen molar-refractivity contribution in [2.24, 2.45) is 0 Å². The Balaban J connectivity index is 2.49. The Morgan fingerprint density at radius 2 is 2.46 bits per heavy atom. The molecule has 0 aliphatic rings. The lowest BCUT2D eigenvalue weighted by Gasteiger charge is -2.09. The van der Waals surface area contributed by atoms with E-state index in [1.807, 2.05) is 0 Å². The SMILES string of the molecule is O=C(O)NC[C@@H](O)c1cccnc1. The normalized spacial score (nSPS) is 12.1. The highest BCUT2D eigenvalue weighted by Crippen LogP contribution is 2.08. The number of hydrogen-bond donors (Lipinski definition) is 3. The Labute approximate surface area is 75.0 Å². The molecule has 0 fully saturated rings. The van der Waals surface area contributed by atoms with Gasteiger partial charge >= 0.3 is 6.09 Å². The van der Waals surface area contributed by atoms with Crippen LogP contribution in [0.2, 0.25) is 0 Å². The van der Waals surface area contributed by atoms with Crippen LogP contribution in [-0.4, -0.2) is 27.8 Å². The van der Waals surface area contributed by atoms with Crippen molar-refractivity contribution in [2.45, 2.75) is 6.10 Å². The van der Waals surface area contributed by atoms with Gasteiger partial charge in [-0.05, 0) is 6.07 Å². The number of hydrogen-bond acceptors (Lipinski definition) is 3. The zero-order chi connectivity index (χ0) is 9.68. The number of amides is 1. The molecule has 0 aliphatic heterocycles. The molecule has 5 heteroatoms. The minimum Gasteiger partial charge on any atom is -0.465 e. The molecule has 1 aromatic heterocycles. The van der Waals surface area contributed by atoms with Gasteiger partial charge in [-0.1, -0.05) is 6.07 Å². The molecule has 0 unspecified atom stereocenters. The summed E-state index contributed by atoms with van der Waals surface area (Å²) < 4.78 is 0. The molecule has 1 rings (SSSR count). The van der Waals surface area contributed by atoms with Gasteiger partial charge in [0.2, 0.25) is 0 Å². The van der Waals surface area contributed by atoms with Crippen LogP contribution in [0.25, 0.3) is 0 Å². The molecular weight excluding hydrogens is 172 g/mol. The first-order chi connectivity index (χ1) is 6.20. The van der Waals surface area contributed by atoms with Crippen LogP contribution in [0.3, 0.4) is 0 Å². The molecule has 5 nitrogen and oxygen atoms in total. The summed E-state index contributed by atoms with van der Waals surface area (Å²) in [6.07, 6.45) is 1.09. The van der Waals surface area contributed by atoms with E-state index in [-0.39, 0.29) is 6.54 Å². The summed E-state index contributed by atoms with van der Waals surface area (Å²) in [6.45, 7) is -0.0268. The Morgan fingerprint density at radius 3 is 3.00 bits per heavy atom. The van der Waals surface area contributed by atoms with Crippen molar-refractivity contribution in [1.82, 2.24) is 10.3 Å². The summed E-state index contributed by atoms with van der Waals surface area (Å²) >= 11 is 0.